The first-order valence-corrected chi connectivity index (χ1v) is 4.36. The highest BCUT2D eigenvalue weighted by Crippen LogP contribution is 2.39. The average molecular weight is 211 g/mol. The van der Waals surface area contributed by atoms with E-state index in [9.17, 15) is 4.79 Å². The van der Waals surface area contributed by atoms with Gasteiger partial charge in [0, 0.05) is 5.56 Å². The standard InChI is InChI=1S/C10H7ClO3/c1-2-8(12)6-3-7(11)10-9(4-6)13-5-14-10/h2-4H,1,5H2. The molecule has 0 spiro atoms. The van der Waals surface area contributed by atoms with Gasteiger partial charge in [-0.05, 0) is 18.2 Å². The topological polar surface area (TPSA) is 35.5 Å². The fourth-order valence-electron chi connectivity index (χ4n) is 1.23. The first-order chi connectivity index (χ1) is 6.72. The van der Waals surface area contributed by atoms with Crippen molar-refractivity contribution in [2.75, 3.05) is 6.79 Å². The third-order valence-electron chi connectivity index (χ3n) is 1.90. The van der Waals surface area contributed by atoms with Gasteiger partial charge in [0.05, 0.1) is 5.02 Å². The van der Waals surface area contributed by atoms with E-state index < -0.39 is 0 Å². The van der Waals surface area contributed by atoms with E-state index in [2.05, 4.69) is 6.58 Å². The van der Waals surface area contributed by atoms with Crippen LogP contribution < -0.4 is 9.47 Å². The molecule has 0 fully saturated rings. The summed E-state index contributed by atoms with van der Waals surface area (Å²) < 4.78 is 10.2. The van der Waals surface area contributed by atoms with Gasteiger partial charge in [0.2, 0.25) is 6.79 Å². The van der Waals surface area contributed by atoms with Crippen molar-refractivity contribution in [2.24, 2.45) is 0 Å². The molecule has 0 aromatic heterocycles. The number of halogens is 1. The predicted octanol–water partition coefficient (Wildman–Crippen LogP) is 2.44. The molecule has 0 saturated carbocycles. The quantitative estimate of drug-likeness (QED) is 0.556. The Morgan fingerprint density at radius 2 is 2.29 bits per heavy atom. The average Bonchev–Trinajstić information content (AvgIpc) is 2.64. The highest BCUT2D eigenvalue weighted by atomic mass is 35.5. The Hall–Kier alpha value is -1.48. The SMILES string of the molecule is C=CC(=O)c1cc(Cl)c2c(c1)OCO2. The summed E-state index contributed by atoms with van der Waals surface area (Å²) in [7, 11) is 0. The fraction of sp³-hybridized carbons (Fsp3) is 0.100. The van der Waals surface area contributed by atoms with Gasteiger partial charge in [-0.3, -0.25) is 4.79 Å². The molecule has 0 amide bonds. The molecule has 1 aromatic carbocycles. The maximum Gasteiger partial charge on any atom is 0.231 e. The highest BCUT2D eigenvalue weighted by Gasteiger charge is 2.19. The Balaban J connectivity index is 2.51. The summed E-state index contributed by atoms with van der Waals surface area (Å²) in [4.78, 5) is 11.3. The van der Waals surface area contributed by atoms with Gasteiger partial charge in [-0.15, -0.1) is 0 Å². The van der Waals surface area contributed by atoms with Crippen molar-refractivity contribution in [1.29, 1.82) is 0 Å². The summed E-state index contributed by atoms with van der Waals surface area (Å²) in [5.41, 5.74) is 0.453. The van der Waals surface area contributed by atoms with Crippen molar-refractivity contribution < 1.29 is 14.3 Å². The van der Waals surface area contributed by atoms with E-state index in [0.717, 1.165) is 0 Å². The Labute approximate surface area is 85.9 Å². The van der Waals surface area contributed by atoms with Gasteiger partial charge in [-0.25, -0.2) is 0 Å². The first-order valence-electron chi connectivity index (χ1n) is 3.98. The molecule has 0 bridgehead atoms. The Bertz CT molecular complexity index is 412. The number of allylic oxidation sites excluding steroid dienone is 1. The van der Waals surface area contributed by atoms with Crippen molar-refractivity contribution in [1.82, 2.24) is 0 Å². The number of fused-ring (bicyclic) bond motifs is 1. The molecule has 0 atom stereocenters. The van der Waals surface area contributed by atoms with Crippen molar-refractivity contribution in [3.63, 3.8) is 0 Å². The van der Waals surface area contributed by atoms with Crippen LogP contribution in [-0.4, -0.2) is 12.6 Å². The Kier molecular flexibility index (Phi) is 2.17. The molecule has 1 aliphatic rings. The van der Waals surface area contributed by atoms with Crippen LogP contribution in [0.15, 0.2) is 24.8 Å². The number of carbonyl (C=O) groups excluding carboxylic acids is 1. The first kappa shape index (κ1) is 9.09. The number of hydrogen-bond donors (Lipinski definition) is 0. The second-order valence-electron chi connectivity index (χ2n) is 2.76. The molecule has 0 radical (unpaired) electrons. The molecule has 72 valence electrons. The van der Waals surface area contributed by atoms with Gasteiger partial charge in [0.15, 0.2) is 17.3 Å². The zero-order valence-corrected chi connectivity index (χ0v) is 8.00. The van der Waals surface area contributed by atoms with Gasteiger partial charge in [-0.1, -0.05) is 18.2 Å². The van der Waals surface area contributed by atoms with E-state index in [1.807, 2.05) is 0 Å². The van der Waals surface area contributed by atoms with Crippen molar-refractivity contribution in [2.45, 2.75) is 0 Å². The molecule has 4 heteroatoms. The monoisotopic (exact) mass is 210 g/mol. The number of rotatable bonds is 2. The molecule has 1 aliphatic heterocycles. The molecule has 3 nitrogen and oxygen atoms in total. The molecule has 0 N–H and O–H groups in total. The minimum absolute atomic E-state index is 0.140. The van der Waals surface area contributed by atoms with E-state index in [1.165, 1.54) is 6.08 Å². The lowest BCUT2D eigenvalue weighted by molar-refractivity contribution is 0.104. The number of carbonyl (C=O) groups is 1. The minimum atomic E-state index is -0.190. The number of benzene rings is 1. The lowest BCUT2D eigenvalue weighted by Gasteiger charge is -2.01. The zero-order valence-electron chi connectivity index (χ0n) is 7.25. The Morgan fingerprint density at radius 1 is 1.50 bits per heavy atom. The van der Waals surface area contributed by atoms with Crippen LogP contribution in [0.2, 0.25) is 5.02 Å². The van der Waals surface area contributed by atoms with Crippen LogP contribution in [0, 0.1) is 0 Å². The summed E-state index contributed by atoms with van der Waals surface area (Å²) in [6, 6.07) is 3.14. The van der Waals surface area contributed by atoms with Crippen LogP contribution in [0.5, 0.6) is 11.5 Å². The van der Waals surface area contributed by atoms with Crippen LogP contribution in [0.4, 0.5) is 0 Å². The van der Waals surface area contributed by atoms with Crippen LogP contribution in [-0.2, 0) is 0 Å². The molecule has 1 heterocycles. The van der Waals surface area contributed by atoms with E-state index >= 15 is 0 Å². The smallest absolute Gasteiger partial charge is 0.231 e. The summed E-state index contributed by atoms with van der Waals surface area (Å²) >= 11 is 5.88. The summed E-state index contributed by atoms with van der Waals surface area (Å²) in [6.45, 7) is 3.54. The summed E-state index contributed by atoms with van der Waals surface area (Å²) in [5, 5.41) is 0.380. The molecule has 14 heavy (non-hydrogen) atoms. The molecular formula is C10H7ClO3. The van der Waals surface area contributed by atoms with Crippen molar-refractivity contribution in [3.05, 3.63) is 35.4 Å². The van der Waals surface area contributed by atoms with Gasteiger partial charge in [-0.2, -0.15) is 0 Å². The maximum absolute atomic E-state index is 11.3. The predicted molar refractivity (Wildman–Crippen MR) is 52.1 cm³/mol. The second kappa shape index (κ2) is 3.35. The van der Waals surface area contributed by atoms with Gasteiger partial charge >= 0.3 is 0 Å². The third-order valence-corrected chi connectivity index (χ3v) is 2.18. The third kappa shape index (κ3) is 1.36. The number of hydrogen-bond acceptors (Lipinski definition) is 3. The van der Waals surface area contributed by atoms with Crippen LogP contribution in [0.1, 0.15) is 10.4 Å². The molecule has 2 rings (SSSR count). The Morgan fingerprint density at radius 3 is 3.00 bits per heavy atom. The lowest BCUT2D eigenvalue weighted by Crippen LogP contribution is -1.94. The van der Waals surface area contributed by atoms with E-state index in [-0.39, 0.29) is 12.6 Å². The van der Waals surface area contributed by atoms with Crippen LogP contribution >= 0.6 is 11.6 Å². The molecule has 0 unspecified atom stereocenters. The fourth-order valence-corrected chi connectivity index (χ4v) is 1.49. The van der Waals surface area contributed by atoms with Crippen LogP contribution in [0.25, 0.3) is 0 Å². The van der Waals surface area contributed by atoms with Crippen molar-refractivity contribution in [3.8, 4) is 11.5 Å². The van der Waals surface area contributed by atoms with Gasteiger partial charge < -0.3 is 9.47 Å². The van der Waals surface area contributed by atoms with Crippen molar-refractivity contribution >= 4 is 17.4 Å². The van der Waals surface area contributed by atoms with Gasteiger partial charge in [0.25, 0.3) is 0 Å². The largest absolute Gasteiger partial charge is 0.454 e. The van der Waals surface area contributed by atoms with Crippen LogP contribution in [0.3, 0.4) is 0 Å². The second-order valence-corrected chi connectivity index (χ2v) is 3.17. The van der Waals surface area contributed by atoms with E-state index in [4.69, 9.17) is 21.1 Å². The molecule has 0 saturated heterocycles. The van der Waals surface area contributed by atoms with E-state index in [1.54, 1.807) is 12.1 Å². The minimum Gasteiger partial charge on any atom is -0.454 e. The highest BCUT2D eigenvalue weighted by molar-refractivity contribution is 6.32. The molecular weight excluding hydrogens is 204 g/mol. The summed E-state index contributed by atoms with van der Waals surface area (Å²) in [5.74, 6) is 0.806. The number of ketones is 1. The van der Waals surface area contributed by atoms with Gasteiger partial charge in [0.1, 0.15) is 0 Å². The molecule has 1 aromatic rings. The lowest BCUT2D eigenvalue weighted by atomic mass is 10.1. The maximum atomic E-state index is 11.3. The summed E-state index contributed by atoms with van der Waals surface area (Å²) in [6.07, 6.45) is 1.23. The number of ether oxygens (including phenoxy) is 2. The molecule has 0 aliphatic carbocycles. The van der Waals surface area contributed by atoms with E-state index in [0.29, 0.717) is 22.1 Å². The normalized spacial score (nSPS) is 12.6. The zero-order chi connectivity index (χ0) is 10.1.